The van der Waals surface area contributed by atoms with Crippen LogP contribution in [0.25, 0.3) is 10.9 Å². The Balaban J connectivity index is 2.97. The van der Waals surface area contributed by atoms with Gasteiger partial charge in [-0.15, -0.1) is 4.91 Å². The number of H-pyrrole nitrogens is 1. The summed E-state index contributed by atoms with van der Waals surface area (Å²) in [6, 6.07) is 3.68. The van der Waals surface area contributed by atoms with Crippen molar-refractivity contribution in [3.63, 3.8) is 0 Å². The summed E-state index contributed by atoms with van der Waals surface area (Å²) in [5, 5.41) is 12.8. The first-order chi connectivity index (χ1) is 6.65. The van der Waals surface area contributed by atoms with E-state index >= 15 is 0 Å². The minimum Gasteiger partial charge on any atom is -0.493 e. The van der Waals surface area contributed by atoms with Gasteiger partial charge in [0.1, 0.15) is 0 Å². The molecule has 0 atom stereocenters. The second kappa shape index (κ2) is 3.09. The molecule has 0 fully saturated rings. The van der Waals surface area contributed by atoms with Gasteiger partial charge in [0, 0.05) is 9.86 Å². The maximum atomic E-state index is 10.5. The van der Waals surface area contributed by atoms with Crippen LogP contribution in [0.3, 0.4) is 0 Å². The summed E-state index contributed by atoms with van der Waals surface area (Å²) in [7, 11) is 0. The van der Waals surface area contributed by atoms with Crippen LogP contribution >= 0.6 is 15.9 Å². The Bertz CT molecular complexity index is 519. The number of aryl methyl sites for hydroxylation is 1. The fourth-order valence-electron chi connectivity index (χ4n) is 1.41. The molecule has 0 saturated heterocycles. The van der Waals surface area contributed by atoms with Crippen LogP contribution in [0.15, 0.2) is 21.8 Å². The topological polar surface area (TPSA) is 65.4 Å². The molecule has 0 aliphatic heterocycles. The lowest BCUT2D eigenvalue weighted by atomic mass is 10.1. The van der Waals surface area contributed by atoms with Gasteiger partial charge in [0.25, 0.3) is 0 Å². The lowest BCUT2D eigenvalue weighted by Gasteiger charge is -1.98. The number of fused-ring (bicyclic) bond motifs is 1. The van der Waals surface area contributed by atoms with Gasteiger partial charge in [-0.05, 0) is 39.7 Å². The lowest BCUT2D eigenvalue weighted by Crippen LogP contribution is -1.76. The van der Waals surface area contributed by atoms with Gasteiger partial charge >= 0.3 is 0 Å². The molecule has 14 heavy (non-hydrogen) atoms. The Labute approximate surface area is 88.0 Å². The van der Waals surface area contributed by atoms with Crippen molar-refractivity contribution in [2.24, 2.45) is 5.18 Å². The van der Waals surface area contributed by atoms with Gasteiger partial charge in [-0.3, -0.25) is 0 Å². The van der Waals surface area contributed by atoms with Gasteiger partial charge in [0.15, 0.2) is 5.69 Å². The van der Waals surface area contributed by atoms with E-state index in [1.807, 2.05) is 13.0 Å². The van der Waals surface area contributed by atoms with E-state index in [2.05, 4.69) is 26.1 Å². The van der Waals surface area contributed by atoms with Crippen LogP contribution in [0.5, 0.6) is 5.88 Å². The van der Waals surface area contributed by atoms with Crippen molar-refractivity contribution in [2.45, 2.75) is 6.92 Å². The number of nitroso groups, excluding NO2 is 1. The highest BCUT2D eigenvalue weighted by molar-refractivity contribution is 9.10. The zero-order valence-electron chi connectivity index (χ0n) is 7.34. The fraction of sp³-hybridized carbons (Fsp3) is 0.111. The molecule has 0 radical (unpaired) electrons. The van der Waals surface area contributed by atoms with Crippen molar-refractivity contribution in [1.29, 1.82) is 0 Å². The van der Waals surface area contributed by atoms with Crippen LogP contribution in [-0.2, 0) is 0 Å². The molecule has 0 saturated carbocycles. The summed E-state index contributed by atoms with van der Waals surface area (Å²) < 4.78 is 0.779. The molecule has 0 spiro atoms. The molecule has 2 aromatic rings. The number of nitrogens with one attached hydrogen (secondary N) is 1. The second-order valence-corrected chi connectivity index (χ2v) is 3.83. The molecule has 72 valence electrons. The Hall–Kier alpha value is -1.36. The third-order valence-electron chi connectivity index (χ3n) is 2.14. The summed E-state index contributed by atoms with van der Waals surface area (Å²) in [5.41, 5.74) is 1.73. The maximum Gasteiger partial charge on any atom is 0.219 e. The molecular weight excluding hydrogens is 248 g/mol. The number of rotatable bonds is 1. The number of aromatic nitrogens is 1. The monoisotopic (exact) mass is 254 g/mol. The molecule has 0 unspecified atom stereocenters. The molecule has 2 rings (SSSR count). The zero-order chi connectivity index (χ0) is 10.3. The smallest absolute Gasteiger partial charge is 0.219 e. The van der Waals surface area contributed by atoms with Crippen LogP contribution < -0.4 is 0 Å². The Kier molecular flexibility index (Phi) is 2.03. The Morgan fingerprint density at radius 1 is 1.50 bits per heavy atom. The van der Waals surface area contributed by atoms with Crippen molar-refractivity contribution in [3.8, 4) is 5.88 Å². The molecule has 2 N–H and O–H groups in total. The van der Waals surface area contributed by atoms with Crippen molar-refractivity contribution in [3.05, 3.63) is 27.1 Å². The zero-order valence-corrected chi connectivity index (χ0v) is 8.92. The summed E-state index contributed by atoms with van der Waals surface area (Å²) in [6.45, 7) is 1.90. The summed E-state index contributed by atoms with van der Waals surface area (Å²) in [5.74, 6) is -0.193. The molecule has 0 bridgehead atoms. The standard InChI is InChI=1S/C9H7BrN2O2/c1-4-2-3-5-6(7(4)10)8(12-14)9(13)11-5/h2-3,11,13H,1H3. The van der Waals surface area contributed by atoms with E-state index < -0.39 is 0 Å². The molecule has 0 aliphatic carbocycles. The van der Waals surface area contributed by atoms with Gasteiger partial charge in [-0.1, -0.05) is 6.07 Å². The molecule has 1 aromatic carbocycles. The highest BCUT2D eigenvalue weighted by Gasteiger charge is 2.14. The normalized spacial score (nSPS) is 10.7. The van der Waals surface area contributed by atoms with Gasteiger partial charge in [-0.2, -0.15) is 0 Å². The summed E-state index contributed by atoms with van der Waals surface area (Å²) in [4.78, 5) is 13.2. The van der Waals surface area contributed by atoms with Crippen LogP contribution in [-0.4, -0.2) is 10.1 Å². The number of benzene rings is 1. The number of nitrogens with zero attached hydrogens (tertiary/aromatic N) is 1. The average Bonchev–Trinajstić information content (AvgIpc) is 2.48. The number of aromatic amines is 1. The van der Waals surface area contributed by atoms with E-state index in [1.165, 1.54) is 0 Å². The maximum absolute atomic E-state index is 10.5. The molecule has 5 heteroatoms. The minimum absolute atomic E-state index is 0.0515. The van der Waals surface area contributed by atoms with E-state index in [0.29, 0.717) is 10.9 Å². The van der Waals surface area contributed by atoms with Crippen LogP contribution in [0.2, 0.25) is 0 Å². The van der Waals surface area contributed by atoms with E-state index in [1.54, 1.807) is 6.07 Å². The average molecular weight is 255 g/mol. The molecule has 0 aliphatic rings. The molecule has 1 aromatic heterocycles. The SMILES string of the molecule is Cc1ccc2[nH]c(O)c(N=O)c2c1Br. The van der Waals surface area contributed by atoms with Gasteiger partial charge in [0.2, 0.25) is 5.88 Å². The van der Waals surface area contributed by atoms with E-state index in [4.69, 9.17) is 0 Å². The van der Waals surface area contributed by atoms with Gasteiger partial charge in [-0.25, -0.2) is 0 Å². The van der Waals surface area contributed by atoms with Crippen molar-refractivity contribution < 1.29 is 5.11 Å². The quantitative estimate of drug-likeness (QED) is 0.767. The van der Waals surface area contributed by atoms with Crippen molar-refractivity contribution >= 4 is 32.5 Å². The largest absolute Gasteiger partial charge is 0.493 e. The van der Waals surface area contributed by atoms with Gasteiger partial charge < -0.3 is 10.1 Å². The highest BCUT2D eigenvalue weighted by atomic mass is 79.9. The third-order valence-corrected chi connectivity index (χ3v) is 3.16. The predicted octanol–water partition coefficient (Wildman–Crippen LogP) is 3.34. The van der Waals surface area contributed by atoms with Gasteiger partial charge in [0.05, 0.1) is 5.52 Å². The second-order valence-electron chi connectivity index (χ2n) is 3.03. The Morgan fingerprint density at radius 3 is 2.86 bits per heavy atom. The number of hydrogen-bond acceptors (Lipinski definition) is 3. The Morgan fingerprint density at radius 2 is 2.21 bits per heavy atom. The third kappa shape index (κ3) is 1.13. The minimum atomic E-state index is -0.193. The molecular formula is C9H7BrN2O2. The first kappa shape index (κ1) is 9.21. The highest BCUT2D eigenvalue weighted by Crippen LogP contribution is 2.40. The first-order valence-electron chi connectivity index (χ1n) is 3.98. The number of hydrogen-bond donors (Lipinski definition) is 2. The van der Waals surface area contributed by atoms with E-state index in [0.717, 1.165) is 10.0 Å². The van der Waals surface area contributed by atoms with E-state index in [9.17, 15) is 10.0 Å². The molecule has 4 nitrogen and oxygen atoms in total. The number of halogens is 1. The van der Waals surface area contributed by atoms with Crippen molar-refractivity contribution in [2.75, 3.05) is 0 Å². The van der Waals surface area contributed by atoms with E-state index in [-0.39, 0.29) is 11.6 Å². The van der Waals surface area contributed by atoms with Crippen LogP contribution in [0, 0.1) is 11.8 Å². The van der Waals surface area contributed by atoms with Crippen LogP contribution in [0.4, 0.5) is 5.69 Å². The predicted molar refractivity (Wildman–Crippen MR) is 57.9 cm³/mol. The molecule has 1 heterocycles. The van der Waals surface area contributed by atoms with Crippen molar-refractivity contribution in [1.82, 2.24) is 4.98 Å². The molecule has 0 amide bonds. The summed E-state index contributed by atoms with van der Waals surface area (Å²) >= 11 is 3.36. The van der Waals surface area contributed by atoms with Crippen LogP contribution in [0.1, 0.15) is 5.56 Å². The summed E-state index contributed by atoms with van der Waals surface area (Å²) in [6.07, 6.45) is 0. The first-order valence-corrected chi connectivity index (χ1v) is 4.77. The lowest BCUT2D eigenvalue weighted by molar-refractivity contribution is 0.460. The fourth-order valence-corrected chi connectivity index (χ4v) is 1.94. The number of aromatic hydroxyl groups is 1.